The maximum atomic E-state index is 6.36. The summed E-state index contributed by atoms with van der Waals surface area (Å²) < 4.78 is 7.88. The molecule has 0 saturated carbocycles. The molecule has 0 aliphatic heterocycles. The van der Waals surface area contributed by atoms with Gasteiger partial charge >= 0.3 is 180 Å². The fraction of sp³-hybridized carbons (Fsp3) is 0.220. The third-order valence-electron chi connectivity index (χ3n) is 8.56. The Morgan fingerprint density at radius 1 is 0.723 bits per heavy atom. The summed E-state index contributed by atoms with van der Waals surface area (Å²) in [5.74, 6) is 7.83. The van der Waals surface area contributed by atoms with E-state index in [0.717, 1.165) is 39.1 Å². The smallest absolute Gasteiger partial charge is 0.0795 e. The second-order valence-corrected chi connectivity index (χ2v) is 30.1. The molecule has 0 bridgehead atoms. The normalized spacial score (nSPS) is 11.9. The van der Waals surface area contributed by atoms with Gasteiger partial charge in [0, 0.05) is 26.3 Å². The van der Waals surface area contributed by atoms with Gasteiger partial charge in [0.05, 0.1) is 8.07 Å². The van der Waals surface area contributed by atoms with Crippen molar-refractivity contribution in [2.24, 2.45) is 0 Å². The van der Waals surface area contributed by atoms with Crippen LogP contribution in [0.1, 0.15) is 25.3 Å². The van der Waals surface area contributed by atoms with Crippen LogP contribution in [-0.2, 0) is 20.1 Å². The number of furan rings is 1. The molecule has 241 valence electrons. The first kappa shape index (κ1) is 35.0. The van der Waals surface area contributed by atoms with Crippen LogP contribution in [0.25, 0.3) is 55.2 Å². The second-order valence-electron chi connectivity index (χ2n) is 14.4. The zero-order valence-electron chi connectivity index (χ0n) is 28.5. The van der Waals surface area contributed by atoms with Gasteiger partial charge in [0.1, 0.15) is 0 Å². The summed E-state index contributed by atoms with van der Waals surface area (Å²) in [5.41, 5.74) is 7.20. The van der Waals surface area contributed by atoms with E-state index in [4.69, 9.17) is 4.42 Å². The Balaban J connectivity index is 0.000000217. The van der Waals surface area contributed by atoms with Crippen molar-refractivity contribution in [3.63, 3.8) is 0 Å². The fourth-order valence-corrected chi connectivity index (χ4v) is 10.2. The van der Waals surface area contributed by atoms with E-state index >= 15 is 0 Å². The number of rotatable bonds is 5. The first-order chi connectivity index (χ1) is 21.9. The van der Waals surface area contributed by atoms with Gasteiger partial charge in [-0.05, 0) is 10.9 Å². The molecule has 7 rings (SSSR count). The number of benzene rings is 4. The molecule has 0 fully saturated rings. The molecule has 7 aromatic rings. The van der Waals surface area contributed by atoms with Crippen molar-refractivity contribution in [3.05, 3.63) is 121 Å². The minimum Gasteiger partial charge on any atom is -0.305 e. The Hall–Kier alpha value is -3.35. The molecule has 0 aliphatic carbocycles. The number of pyridine rings is 2. The van der Waals surface area contributed by atoms with Crippen molar-refractivity contribution in [1.29, 1.82) is 0 Å². The van der Waals surface area contributed by atoms with Gasteiger partial charge in [0.25, 0.3) is 0 Å². The van der Waals surface area contributed by atoms with Crippen LogP contribution < -0.4 is 9.58 Å². The van der Waals surface area contributed by atoms with E-state index in [1.54, 1.807) is 0 Å². The van der Waals surface area contributed by atoms with E-state index in [1.807, 2.05) is 42.7 Å². The molecule has 6 heteroatoms. The number of fused-ring (bicyclic) bond motifs is 5. The summed E-state index contributed by atoms with van der Waals surface area (Å²) in [5, 5.41) is 6.30. The number of aromatic nitrogens is 2. The zero-order valence-corrected chi connectivity index (χ0v) is 34.0. The average Bonchev–Trinajstić information content (AvgIpc) is 3.43. The van der Waals surface area contributed by atoms with E-state index < -0.39 is 21.3 Å². The SMILES string of the molecule is CC(C)c1ccnc(-c2[c-]cc3oc4c5ccccc5[c]([Ge]([CH3])([CH3])[CH3])cc4c3c2)c1.C[Si](C)(C)c1ccc(-c2[c-]cccc2)nc1.[Ir]. The Bertz CT molecular complexity index is 2140. The van der Waals surface area contributed by atoms with Crippen LogP contribution in [0.4, 0.5) is 0 Å². The van der Waals surface area contributed by atoms with Crippen molar-refractivity contribution in [2.75, 3.05) is 0 Å². The van der Waals surface area contributed by atoms with Crippen LogP contribution in [-0.4, -0.2) is 31.3 Å². The number of hydrogen-bond donors (Lipinski definition) is 0. The Morgan fingerprint density at radius 3 is 2.11 bits per heavy atom. The molecule has 0 unspecified atom stereocenters. The third-order valence-corrected chi connectivity index (χ3v) is 14.8. The minimum absolute atomic E-state index is 0. The Kier molecular flexibility index (Phi) is 10.4. The molecular weight excluding hydrogens is 829 g/mol. The molecule has 0 atom stereocenters. The van der Waals surface area contributed by atoms with Gasteiger partial charge < -0.3 is 4.98 Å². The van der Waals surface area contributed by atoms with Crippen LogP contribution in [0, 0.1) is 12.1 Å². The zero-order chi connectivity index (χ0) is 32.6. The van der Waals surface area contributed by atoms with Crippen LogP contribution in [0.2, 0.25) is 36.9 Å². The van der Waals surface area contributed by atoms with Crippen LogP contribution in [0.5, 0.6) is 0 Å². The average molecular weight is 872 g/mol. The van der Waals surface area contributed by atoms with E-state index in [1.165, 1.54) is 31.3 Å². The summed E-state index contributed by atoms with van der Waals surface area (Å²) in [7, 11) is -1.23. The summed E-state index contributed by atoms with van der Waals surface area (Å²) in [6.45, 7) is 11.4. The van der Waals surface area contributed by atoms with Crippen molar-refractivity contribution >= 4 is 63.6 Å². The van der Waals surface area contributed by atoms with Crippen molar-refractivity contribution in [1.82, 2.24) is 9.97 Å². The van der Waals surface area contributed by atoms with Crippen LogP contribution >= 0.6 is 0 Å². The standard InChI is InChI=1S/C27H26GeNO.C14H16NSi.Ir/c1-17(2)18-12-13-29-25(15-18)19-10-11-26-22(14-19)23-16-24(28(3,4)5)20-8-6-7-9-21(20)27(23)30-26;1-16(2,3)13-9-10-14(15-11-13)12-7-5-4-6-8-12;/h6-9,11-17H,1-5H3;4-7,9-11H,1-3H3;/q2*-1;. The van der Waals surface area contributed by atoms with Crippen molar-refractivity contribution < 1.29 is 24.5 Å². The molecule has 47 heavy (non-hydrogen) atoms. The van der Waals surface area contributed by atoms with Crippen molar-refractivity contribution in [2.45, 2.75) is 56.7 Å². The third kappa shape index (κ3) is 7.54. The molecule has 3 aromatic heterocycles. The second kappa shape index (κ2) is 14.0. The van der Waals surface area contributed by atoms with E-state index in [9.17, 15) is 0 Å². The van der Waals surface area contributed by atoms with Gasteiger partial charge in [-0.25, -0.2) is 0 Å². The van der Waals surface area contributed by atoms with Gasteiger partial charge in [-0.3, -0.25) is 0 Å². The van der Waals surface area contributed by atoms with Crippen LogP contribution in [0.3, 0.4) is 0 Å². The van der Waals surface area contributed by atoms with Gasteiger partial charge in [-0.15, -0.1) is 35.9 Å². The number of nitrogens with zero attached hydrogens (tertiary/aromatic N) is 2. The molecular formula is C41H42GeIrN2OSi-2. The maximum Gasteiger partial charge on any atom is 0.0795 e. The minimum atomic E-state index is -2.09. The van der Waals surface area contributed by atoms with Crippen LogP contribution in [0.15, 0.2) is 108 Å². The molecule has 4 aromatic carbocycles. The number of hydrogen-bond acceptors (Lipinski definition) is 3. The predicted molar refractivity (Wildman–Crippen MR) is 202 cm³/mol. The summed E-state index contributed by atoms with van der Waals surface area (Å²) >= 11 is -2.09. The molecule has 3 heterocycles. The van der Waals surface area contributed by atoms with Gasteiger partial charge in [0.2, 0.25) is 0 Å². The summed E-state index contributed by atoms with van der Waals surface area (Å²) in [6, 6.07) is 38.3. The summed E-state index contributed by atoms with van der Waals surface area (Å²) in [6.07, 6.45) is 3.91. The molecule has 3 nitrogen and oxygen atoms in total. The van der Waals surface area contributed by atoms with Gasteiger partial charge in [-0.1, -0.05) is 31.8 Å². The fourth-order valence-electron chi connectivity index (χ4n) is 5.81. The summed E-state index contributed by atoms with van der Waals surface area (Å²) in [4.78, 5) is 9.14. The molecule has 0 saturated heterocycles. The molecule has 1 radical (unpaired) electrons. The Morgan fingerprint density at radius 2 is 1.47 bits per heavy atom. The van der Waals surface area contributed by atoms with E-state index in [-0.39, 0.29) is 20.1 Å². The van der Waals surface area contributed by atoms with Gasteiger partial charge in [-0.2, -0.15) is 0 Å². The van der Waals surface area contributed by atoms with E-state index in [0.29, 0.717) is 5.92 Å². The largest absolute Gasteiger partial charge is 0.305 e. The molecule has 0 amide bonds. The predicted octanol–water partition coefficient (Wildman–Crippen LogP) is 10.4. The maximum absolute atomic E-state index is 6.36. The monoisotopic (exact) mass is 873 g/mol. The first-order valence-electron chi connectivity index (χ1n) is 16.1. The molecule has 0 spiro atoms. The van der Waals surface area contributed by atoms with Crippen molar-refractivity contribution in [3.8, 4) is 22.5 Å². The molecule has 0 aliphatic rings. The Labute approximate surface area is 296 Å². The quantitative estimate of drug-likeness (QED) is 0.128. The van der Waals surface area contributed by atoms with E-state index in [2.05, 4.69) is 134 Å². The first-order valence-corrected chi connectivity index (χ1v) is 26.9. The van der Waals surface area contributed by atoms with Gasteiger partial charge in [0.15, 0.2) is 0 Å². The topological polar surface area (TPSA) is 38.9 Å². The molecule has 0 N–H and O–H groups in total.